The molecule has 0 radical (unpaired) electrons. The number of amides is 1. The SMILES string of the molecule is CCCC(CCC)NCC1(NC(=O)OC(C)(C)C)CCC1. The summed E-state index contributed by atoms with van der Waals surface area (Å²) in [6, 6.07) is 0.568. The smallest absolute Gasteiger partial charge is 0.408 e. The zero-order valence-corrected chi connectivity index (χ0v) is 14.6. The van der Waals surface area contributed by atoms with Crippen LogP contribution in [0.3, 0.4) is 0 Å². The Labute approximate surface area is 130 Å². The molecule has 1 amide bonds. The van der Waals surface area contributed by atoms with E-state index in [0.29, 0.717) is 6.04 Å². The Kier molecular flexibility index (Phi) is 6.98. The molecule has 2 N–H and O–H groups in total. The van der Waals surface area contributed by atoms with Gasteiger partial charge in [-0.15, -0.1) is 0 Å². The van der Waals surface area contributed by atoms with Crippen LogP contribution in [-0.4, -0.2) is 29.8 Å². The van der Waals surface area contributed by atoms with Gasteiger partial charge in [0.15, 0.2) is 0 Å². The molecular weight excluding hydrogens is 264 g/mol. The maximum absolute atomic E-state index is 12.0. The van der Waals surface area contributed by atoms with Gasteiger partial charge in [0, 0.05) is 12.6 Å². The normalized spacial score (nSPS) is 17.4. The van der Waals surface area contributed by atoms with Gasteiger partial charge in [0.25, 0.3) is 0 Å². The Hall–Kier alpha value is -0.770. The minimum absolute atomic E-state index is 0.0952. The van der Waals surface area contributed by atoms with Crippen LogP contribution in [0, 0.1) is 0 Å². The Balaban J connectivity index is 2.46. The minimum Gasteiger partial charge on any atom is -0.444 e. The van der Waals surface area contributed by atoms with Gasteiger partial charge in [0.1, 0.15) is 5.60 Å². The molecule has 0 aliphatic heterocycles. The summed E-state index contributed by atoms with van der Waals surface area (Å²) in [6.07, 6.45) is 7.80. The largest absolute Gasteiger partial charge is 0.444 e. The summed E-state index contributed by atoms with van der Waals surface area (Å²) < 4.78 is 5.39. The van der Waals surface area contributed by atoms with E-state index in [1.807, 2.05) is 20.8 Å². The topological polar surface area (TPSA) is 50.4 Å². The summed E-state index contributed by atoms with van der Waals surface area (Å²) in [4.78, 5) is 12.0. The van der Waals surface area contributed by atoms with Gasteiger partial charge in [-0.2, -0.15) is 0 Å². The summed E-state index contributed by atoms with van der Waals surface area (Å²) in [5, 5.41) is 6.76. The number of carbonyl (C=O) groups is 1. The van der Waals surface area contributed by atoms with Gasteiger partial charge >= 0.3 is 6.09 Å². The first-order valence-corrected chi connectivity index (χ1v) is 8.55. The molecule has 1 aliphatic carbocycles. The van der Waals surface area contributed by atoms with Gasteiger partial charge < -0.3 is 15.4 Å². The summed E-state index contributed by atoms with van der Waals surface area (Å²) in [6.45, 7) is 11.0. The second-order valence-electron chi connectivity index (χ2n) is 7.42. The third-order valence-corrected chi connectivity index (χ3v) is 4.08. The predicted octanol–water partition coefficient (Wildman–Crippen LogP) is 3.99. The fourth-order valence-corrected chi connectivity index (χ4v) is 2.85. The molecule has 0 bridgehead atoms. The van der Waals surface area contributed by atoms with E-state index in [-0.39, 0.29) is 11.6 Å². The van der Waals surface area contributed by atoms with E-state index in [0.717, 1.165) is 19.4 Å². The molecule has 4 heteroatoms. The average Bonchev–Trinajstić information content (AvgIpc) is 2.30. The van der Waals surface area contributed by atoms with Gasteiger partial charge in [-0.1, -0.05) is 26.7 Å². The van der Waals surface area contributed by atoms with Crippen LogP contribution in [0.15, 0.2) is 0 Å². The van der Waals surface area contributed by atoms with Crippen molar-refractivity contribution < 1.29 is 9.53 Å². The lowest BCUT2D eigenvalue weighted by molar-refractivity contribution is 0.0378. The number of ether oxygens (including phenoxy) is 1. The highest BCUT2D eigenvalue weighted by Crippen LogP contribution is 2.32. The molecule has 21 heavy (non-hydrogen) atoms. The molecule has 1 fully saturated rings. The van der Waals surface area contributed by atoms with Crippen molar-refractivity contribution in [1.29, 1.82) is 0 Å². The lowest BCUT2D eigenvalue weighted by atomic mass is 9.76. The monoisotopic (exact) mass is 298 g/mol. The fraction of sp³-hybridized carbons (Fsp3) is 0.941. The molecule has 0 aromatic heterocycles. The highest BCUT2D eigenvalue weighted by Gasteiger charge is 2.39. The quantitative estimate of drug-likeness (QED) is 0.712. The van der Waals surface area contributed by atoms with Crippen LogP contribution in [0.1, 0.15) is 79.6 Å². The highest BCUT2D eigenvalue weighted by molar-refractivity contribution is 5.69. The molecule has 0 saturated heterocycles. The van der Waals surface area contributed by atoms with E-state index in [2.05, 4.69) is 24.5 Å². The average molecular weight is 298 g/mol. The summed E-state index contributed by atoms with van der Waals surface area (Å²) >= 11 is 0. The zero-order chi connectivity index (χ0) is 15.9. The zero-order valence-electron chi connectivity index (χ0n) is 14.6. The molecule has 0 aromatic carbocycles. The van der Waals surface area contributed by atoms with Crippen LogP contribution in [0.25, 0.3) is 0 Å². The van der Waals surface area contributed by atoms with Crippen LogP contribution in [0.5, 0.6) is 0 Å². The Morgan fingerprint density at radius 3 is 2.14 bits per heavy atom. The molecule has 0 aromatic rings. The van der Waals surface area contributed by atoms with E-state index in [1.54, 1.807) is 0 Å². The van der Waals surface area contributed by atoms with Gasteiger partial charge in [0.05, 0.1) is 5.54 Å². The summed E-state index contributed by atoms with van der Waals surface area (Å²) in [7, 11) is 0. The molecule has 4 nitrogen and oxygen atoms in total. The number of carbonyl (C=O) groups excluding carboxylic acids is 1. The Morgan fingerprint density at radius 1 is 1.19 bits per heavy atom. The van der Waals surface area contributed by atoms with E-state index in [4.69, 9.17) is 4.74 Å². The second-order valence-corrected chi connectivity index (χ2v) is 7.42. The van der Waals surface area contributed by atoms with E-state index >= 15 is 0 Å². The molecule has 0 atom stereocenters. The van der Waals surface area contributed by atoms with E-state index < -0.39 is 5.60 Å². The first-order valence-electron chi connectivity index (χ1n) is 8.55. The van der Waals surface area contributed by atoms with Crippen molar-refractivity contribution in [3.63, 3.8) is 0 Å². The summed E-state index contributed by atoms with van der Waals surface area (Å²) in [5.41, 5.74) is -0.530. The van der Waals surface area contributed by atoms with Crippen LogP contribution < -0.4 is 10.6 Å². The molecule has 124 valence electrons. The third kappa shape index (κ3) is 6.68. The van der Waals surface area contributed by atoms with Crippen LogP contribution >= 0.6 is 0 Å². The first-order chi connectivity index (χ1) is 9.80. The van der Waals surface area contributed by atoms with Crippen molar-refractivity contribution in [3.8, 4) is 0 Å². The highest BCUT2D eigenvalue weighted by atomic mass is 16.6. The van der Waals surface area contributed by atoms with Gasteiger partial charge in [-0.05, 0) is 52.9 Å². The third-order valence-electron chi connectivity index (χ3n) is 4.08. The lowest BCUT2D eigenvalue weighted by Gasteiger charge is -2.43. The van der Waals surface area contributed by atoms with Crippen molar-refractivity contribution >= 4 is 6.09 Å². The van der Waals surface area contributed by atoms with Crippen molar-refractivity contribution in [2.24, 2.45) is 0 Å². The fourth-order valence-electron chi connectivity index (χ4n) is 2.85. The second kappa shape index (κ2) is 8.02. The number of alkyl carbamates (subject to hydrolysis) is 1. The van der Waals surface area contributed by atoms with Crippen LogP contribution in [-0.2, 0) is 4.74 Å². The standard InChI is InChI=1S/C17H34N2O2/c1-6-9-14(10-7-2)18-13-17(11-8-12-17)19-15(20)21-16(3,4)5/h14,18H,6-13H2,1-5H3,(H,19,20). The molecular formula is C17H34N2O2. The maximum Gasteiger partial charge on any atom is 0.408 e. The van der Waals surface area contributed by atoms with Crippen LogP contribution in [0.2, 0.25) is 0 Å². The Morgan fingerprint density at radius 2 is 1.76 bits per heavy atom. The van der Waals surface area contributed by atoms with Gasteiger partial charge in [0.2, 0.25) is 0 Å². The van der Waals surface area contributed by atoms with Crippen molar-refractivity contribution in [1.82, 2.24) is 10.6 Å². The van der Waals surface area contributed by atoms with Crippen molar-refractivity contribution in [2.75, 3.05) is 6.54 Å². The number of nitrogens with one attached hydrogen (secondary N) is 2. The van der Waals surface area contributed by atoms with Crippen molar-refractivity contribution in [2.45, 2.75) is 96.7 Å². The molecule has 0 unspecified atom stereocenters. The van der Waals surface area contributed by atoms with E-state index in [1.165, 1.54) is 32.1 Å². The molecule has 0 spiro atoms. The first kappa shape index (κ1) is 18.3. The molecule has 1 rings (SSSR count). The maximum atomic E-state index is 12.0. The van der Waals surface area contributed by atoms with Crippen molar-refractivity contribution in [3.05, 3.63) is 0 Å². The number of hydrogen-bond acceptors (Lipinski definition) is 3. The lowest BCUT2D eigenvalue weighted by Crippen LogP contribution is -2.60. The number of rotatable bonds is 8. The Bertz CT molecular complexity index is 313. The molecule has 1 aliphatic rings. The minimum atomic E-state index is -0.435. The summed E-state index contributed by atoms with van der Waals surface area (Å²) in [5.74, 6) is 0. The molecule has 0 heterocycles. The van der Waals surface area contributed by atoms with Gasteiger partial charge in [-0.25, -0.2) is 4.79 Å². The van der Waals surface area contributed by atoms with Gasteiger partial charge in [-0.3, -0.25) is 0 Å². The molecule has 1 saturated carbocycles. The van der Waals surface area contributed by atoms with Crippen LogP contribution in [0.4, 0.5) is 4.79 Å². The van der Waals surface area contributed by atoms with E-state index in [9.17, 15) is 4.79 Å². The predicted molar refractivity (Wildman–Crippen MR) is 87.6 cm³/mol. The number of hydrogen-bond donors (Lipinski definition) is 2.